The Bertz CT molecular complexity index is 470. The zero-order chi connectivity index (χ0) is 15.5. The van der Waals surface area contributed by atoms with Crippen LogP contribution in [-0.4, -0.2) is 31.6 Å². The first-order valence-corrected chi connectivity index (χ1v) is 8.10. The van der Waals surface area contributed by atoms with Crippen LogP contribution in [0.3, 0.4) is 0 Å². The van der Waals surface area contributed by atoms with Crippen LogP contribution in [0.2, 0.25) is 0 Å². The number of hydrogen-bond donors (Lipinski definition) is 1. The minimum Gasteiger partial charge on any atom is -0.494 e. The second-order valence-electron chi connectivity index (χ2n) is 6.94. The van der Waals surface area contributed by atoms with Crippen molar-refractivity contribution in [1.82, 2.24) is 10.2 Å². The van der Waals surface area contributed by atoms with Crippen LogP contribution >= 0.6 is 0 Å². The van der Waals surface area contributed by atoms with Gasteiger partial charge in [0.2, 0.25) is 0 Å². The number of nitrogens with one attached hydrogen (secondary N) is 1. The summed E-state index contributed by atoms with van der Waals surface area (Å²) < 4.78 is 5.82. The van der Waals surface area contributed by atoms with Gasteiger partial charge in [-0.3, -0.25) is 4.90 Å². The third-order valence-corrected chi connectivity index (χ3v) is 4.47. The minimum atomic E-state index is 0.370. The van der Waals surface area contributed by atoms with Crippen molar-refractivity contribution in [1.29, 1.82) is 0 Å². The van der Waals surface area contributed by atoms with Gasteiger partial charge in [0.1, 0.15) is 5.75 Å². The Labute approximate surface area is 129 Å². The number of likely N-dealkylation sites (tertiary alicyclic amines) is 1. The standard InChI is InChI=1S/C18H30N2O/c1-6-21-17-8-7-15(14(2)19-5)11-16(17)12-20-10-9-18(3,4)13-20/h7-8,11,14,19H,6,9-10,12-13H2,1-5H3. The Morgan fingerprint density at radius 1 is 1.38 bits per heavy atom. The van der Waals surface area contributed by atoms with Crippen LogP contribution in [0.4, 0.5) is 0 Å². The van der Waals surface area contributed by atoms with Gasteiger partial charge in [0, 0.05) is 24.7 Å². The molecular formula is C18H30N2O. The fourth-order valence-corrected chi connectivity index (χ4v) is 3.06. The van der Waals surface area contributed by atoms with Crippen LogP contribution < -0.4 is 10.1 Å². The highest BCUT2D eigenvalue weighted by Crippen LogP contribution is 2.32. The summed E-state index contributed by atoms with van der Waals surface area (Å²) in [6.45, 7) is 13.0. The quantitative estimate of drug-likeness (QED) is 0.866. The van der Waals surface area contributed by atoms with Crippen molar-refractivity contribution in [2.24, 2.45) is 5.41 Å². The third-order valence-electron chi connectivity index (χ3n) is 4.47. The smallest absolute Gasteiger partial charge is 0.123 e. The maximum atomic E-state index is 5.82. The molecule has 1 N–H and O–H groups in total. The monoisotopic (exact) mass is 290 g/mol. The van der Waals surface area contributed by atoms with E-state index in [2.05, 4.69) is 49.2 Å². The molecule has 1 aromatic rings. The normalized spacial score (nSPS) is 19.7. The van der Waals surface area contributed by atoms with Crippen molar-refractivity contribution < 1.29 is 4.74 Å². The van der Waals surface area contributed by atoms with E-state index in [1.54, 1.807) is 0 Å². The van der Waals surface area contributed by atoms with E-state index in [0.29, 0.717) is 11.5 Å². The minimum absolute atomic E-state index is 0.370. The van der Waals surface area contributed by atoms with E-state index in [4.69, 9.17) is 4.74 Å². The third kappa shape index (κ3) is 4.21. The fraction of sp³-hybridized carbons (Fsp3) is 0.667. The van der Waals surface area contributed by atoms with Gasteiger partial charge in [-0.25, -0.2) is 0 Å². The van der Waals surface area contributed by atoms with Gasteiger partial charge in [0.15, 0.2) is 0 Å². The van der Waals surface area contributed by atoms with Crippen molar-refractivity contribution in [2.75, 3.05) is 26.7 Å². The van der Waals surface area contributed by atoms with E-state index in [0.717, 1.165) is 18.9 Å². The number of hydrogen-bond acceptors (Lipinski definition) is 3. The van der Waals surface area contributed by atoms with Gasteiger partial charge >= 0.3 is 0 Å². The average Bonchev–Trinajstić information content (AvgIpc) is 2.79. The largest absolute Gasteiger partial charge is 0.494 e. The molecule has 3 nitrogen and oxygen atoms in total. The van der Waals surface area contributed by atoms with Crippen molar-refractivity contribution in [3.63, 3.8) is 0 Å². The summed E-state index contributed by atoms with van der Waals surface area (Å²) in [4.78, 5) is 2.55. The van der Waals surface area contributed by atoms with E-state index in [-0.39, 0.29) is 0 Å². The molecule has 2 rings (SSSR count). The SMILES string of the molecule is CCOc1ccc(C(C)NC)cc1CN1CCC(C)(C)C1. The van der Waals surface area contributed by atoms with Crippen molar-refractivity contribution in [3.05, 3.63) is 29.3 Å². The lowest BCUT2D eigenvalue weighted by Crippen LogP contribution is -2.23. The molecule has 1 heterocycles. The molecule has 1 aliphatic heterocycles. The van der Waals surface area contributed by atoms with E-state index < -0.39 is 0 Å². The van der Waals surface area contributed by atoms with Gasteiger partial charge in [-0.15, -0.1) is 0 Å². The van der Waals surface area contributed by atoms with Gasteiger partial charge in [-0.1, -0.05) is 19.9 Å². The predicted molar refractivity (Wildman–Crippen MR) is 88.8 cm³/mol. The topological polar surface area (TPSA) is 24.5 Å². The first kappa shape index (κ1) is 16.3. The van der Waals surface area contributed by atoms with Crippen LogP contribution in [0.25, 0.3) is 0 Å². The predicted octanol–water partition coefficient (Wildman–Crippen LogP) is 3.60. The molecule has 0 radical (unpaired) electrons. The lowest BCUT2D eigenvalue weighted by Gasteiger charge is -2.22. The van der Waals surface area contributed by atoms with E-state index in [9.17, 15) is 0 Å². The number of benzene rings is 1. The van der Waals surface area contributed by atoms with Crippen LogP contribution in [0.5, 0.6) is 5.75 Å². The summed E-state index contributed by atoms with van der Waals surface area (Å²) >= 11 is 0. The summed E-state index contributed by atoms with van der Waals surface area (Å²) in [5, 5.41) is 3.31. The summed E-state index contributed by atoms with van der Waals surface area (Å²) in [5.41, 5.74) is 3.09. The zero-order valence-corrected chi connectivity index (χ0v) is 14.2. The molecule has 1 unspecified atom stereocenters. The maximum Gasteiger partial charge on any atom is 0.123 e. The van der Waals surface area contributed by atoms with Crippen LogP contribution in [0, 0.1) is 5.41 Å². The lowest BCUT2D eigenvalue weighted by molar-refractivity contribution is 0.274. The highest BCUT2D eigenvalue weighted by Gasteiger charge is 2.29. The first-order chi connectivity index (χ1) is 9.95. The Morgan fingerprint density at radius 3 is 2.71 bits per heavy atom. The van der Waals surface area contributed by atoms with E-state index in [1.807, 2.05) is 14.0 Å². The van der Waals surface area contributed by atoms with Gasteiger partial charge in [0.25, 0.3) is 0 Å². The summed E-state index contributed by atoms with van der Waals surface area (Å²) in [5.74, 6) is 1.04. The maximum absolute atomic E-state index is 5.82. The van der Waals surface area contributed by atoms with Crippen LogP contribution in [0.1, 0.15) is 51.3 Å². The summed E-state index contributed by atoms with van der Waals surface area (Å²) in [6, 6.07) is 6.97. The molecule has 0 amide bonds. The zero-order valence-electron chi connectivity index (χ0n) is 14.2. The van der Waals surface area contributed by atoms with Crippen molar-refractivity contribution in [3.8, 4) is 5.75 Å². The van der Waals surface area contributed by atoms with Gasteiger partial charge < -0.3 is 10.1 Å². The molecule has 0 bridgehead atoms. The molecule has 1 atom stereocenters. The lowest BCUT2D eigenvalue weighted by atomic mass is 9.93. The van der Waals surface area contributed by atoms with Crippen LogP contribution in [-0.2, 0) is 6.54 Å². The number of nitrogens with zero attached hydrogens (tertiary/aromatic N) is 1. The Balaban J connectivity index is 2.18. The highest BCUT2D eigenvalue weighted by molar-refractivity contribution is 5.38. The second-order valence-corrected chi connectivity index (χ2v) is 6.94. The number of ether oxygens (including phenoxy) is 1. The average molecular weight is 290 g/mol. The van der Waals surface area contributed by atoms with Crippen molar-refractivity contribution >= 4 is 0 Å². The Kier molecular flexibility index (Phi) is 5.28. The van der Waals surface area contributed by atoms with Gasteiger partial charge in [-0.05, 0) is 57.0 Å². The molecule has 21 heavy (non-hydrogen) atoms. The number of rotatable bonds is 6. The second kappa shape index (κ2) is 6.80. The molecule has 0 aliphatic carbocycles. The van der Waals surface area contributed by atoms with Crippen LogP contribution in [0.15, 0.2) is 18.2 Å². The van der Waals surface area contributed by atoms with Crippen molar-refractivity contribution in [2.45, 2.75) is 46.7 Å². The molecule has 0 aromatic heterocycles. The molecule has 0 spiro atoms. The van der Waals surface area contributed by atoms with E-state index in [1.165, 1.54) is 30.6 Å². The summed E-state index contributed by atoms with van der Waals surface area (Å²) in [7, 11) is 2.00. The van der Waals surface area contributed by atoms with E-state index >= 15 is 0 Å². The molecule has 0 saturated carbocycles. The van der Waals surface area contributed by atoms with Gasteiger partial charge in [0.05, 0.1) is 6.61 Å². The summed E-state index contributed by atoms with van der Waals surface area (Å²) in [6.07, 6.45) is 1.28. The first-order valence-electron chi connectivity index (χ1n) is 8.10. The molecule has 118 valence electrons. The Hall–Kier alpha value is -1.06. The molecular weight excluding hydrogens is 260 g/mol. The molecule has 1 aliphatic rings. The fourth-order valence-electron chi connectivity index (χ4n) is 3.06. The highest BCUT2D eigenvalue weighted by atomic mass is 16.5. The molecule has 1 saturated heterocycles. The molecule has 3 heteroatoms. The van der Waals surface area contributed by atoms with Gasteiger partial charge in [-0.2, -0.15) is 0 Å². The molecule has 1 fully saturated rings. The Morgan fingerprint density at radius 2 is 2.14 bits per heavy atom. The molecule has 1 aromatic carbocycles.